The minimum absolute atomic E-state index is 0.224. The van der Waals surface area contributed by atoms with Gasteiger partial charge < -0.3 is 15.3 Å². The first kappa shape index (κ1) is 16.1. The van der Waals surface area contributed by atoms with Gasteiger partial charge in [-0.05, 0) is 37.5 Å². The largest absolute Gasteiger partial charge is 0.393 e. The Kier molecular flexibility index (Phi) is 4.73. The number of halogens is 1. The van der Waals surface area contributed by atoms with Crippen LogP contribution >= 0.6 is 11.6 Å². The zero-order valence-electron chi connectivity index (χ0n) is 12.7. The first-order valence-corrected chi connectivity index (χ1v) is 8.23. The van der Waals surface area contributed by atoms with Crippen molar-refractivity contribution in [1.29, 1.82) is 0 Å². The SMILES string of the molecule is O=C1CCC(Nc2ccc(N3CCC(O)CC3)c(Cl)c2)C(=O)N1. The molecule has 1 unspecified atom stereocenters. The summed E-state index contributed by atoms with van der Waals surface area (Å²) in [5, 5.41) is 15.6. The molecule has 124 valence electrons. The van der Waals surface area contributed by atoms with Crippen LogP contribution in [0.1, 0.15) is 25.7 Å². The van der Waals surface area contributed by atoms with Crippen LogP contribution in [-0.2, 0) is 9.59 Å². The fourth-order valence-electron chi connectivity index (χ4n) is 2.99. The molecular formula is C16H20ClN3O3. The van der Waals surface area contributed by atoms with E-state index in [0.29, 0.717) is 17.9 Å². The van der Waals surface area contributed by atoms with E-state index in [1.165, 1.54) is 0 Å². The van der Waals surface area contributed by atoms with Gasteiger partial charge in [-0.3, -0.25) is 14.9 Å². The van der Waals surface area contributed by atoms with E-state index >= 15 is 0 Å². The van der Waals surface area contributed by atoms with Crippen LogP contribution in [0, 0.1) is 0 Å². The molecular weight excluding hydrogens is 318 g/mol. The number of hydrogen-bond acceptors (Lipinski definition) is 5. The lowest BCUT2D eigenvalue weighted by Crippen LogP contribution is -2.47. The van der Waals surface area contributed by atoms with Crippen molar-refractivity contribution in [3.05, 3.63) is 23.2 Å². The van der Waals surface area contributed by atoms with Gasteiger partial charge in [0, 0.05) is 25.2 Å². The summed E-state index contributed by atoms with van der Waals surface area (Å²) < 4.78 is 0. The van der Waals surface area contributed by atoms with Gasteiger partial charge in [0.25, 0.3) is 0 Å². The van der Waals surface area contributed by atoms with Crippen LogP contribution in [-0.4, -0.2) is 42.2 Å². The number of nitrogens with one attached hydrogen (secondary N) is 2. The Hall–Kier alpha value is -1.79. The number of rotatable bonds is 3. The molecule has 0 saturated carbocycles. The Morgan fingerprint density at radius 3 is 2.61 bits per heavy atom. The van der Waals surface area contributed by atoms with E-state index < -0.39 is 6.04 Å². The quantitative estimate of drug-likeness (QED) is 0.729. The third kappa shape index (κ3) is 3.76. The smallest absolute Gasteiger partial charge is 0.249 e. The van der Waals surface area contributed by atoms with Crippen LogP contribution in [0.15, 0.2) is 18.2 Å². The average molecular weight is 338 g/mol. The first-order valence-electron chi connectivity index (χ1n) is 7.86. The van der Waals surface area contributed by atoms with E-state index in [1.807, 2.05) is 12.1 Å². The number of aliphatic hydroxyl groups is 1. The number of anilines is 2. The van der Waals surface area contributed by atoms with E-state index in [4.69, 9.17) is 11.6 Å². The van der Waals surface area contributed by atoms with Gasteiger partial charge in [0.1, 0.15) is 6.04 Å². The Morgan fingerprint density at radius 1 is 1.22 bits per heavy atom. The minimum Gasteiger partial charge on any atom is -0.393 e. The molecule has 7 heteroatoms. The molecule has 2 saturated heterocycles. The maximum absolute atomic E-state index is 11.8. The van der Waals surface area contributed by atoms with Crippen molar-refractivity contribution in [1.82, 2.24) is 5.32 Å². The molecule has 2 amide bonds. The molecule has 3 rings (SSSR count). The number of aliphatic hydroxyl groups excluding tert-OH is 1. The summed E-state index contributed by atoms with van der Waals surface area (Å²) >= 11 is 6.38. The van der Waals surface area contributed by atoms with Crippen molar-refractivity contribution in [2.75, 3.05) is 23.3 Å². The van der Waals surface area contributed by atoms with Crippen molar-refractivity contribution in [2.45, 2.75) is 37.8 Å². The van der Waals surface area contributed by atoms with Crippen LogP contribution in [0.25, 0.3) is 0 Å². The molecule has 0 bridgehead atoms. The molecule has 2 heterocycles. The summed E-state index contributed by atoms with van der Waals surface area (Å²) in [5.74, 6) is -0.528. The molecule has 1 atom stereocenters. The van der Waals surface area contributed by atoms with E-state index in [-0.39, 0.29) is 17.9 Å². The normalized spacial score (nSPS) is 22.9. The highest BCUT2D eigenvalue weighted by atomic mass is 35.5. The monoisotopic (exact) mass is 337 g/mol. The standard InChI is InChI=1S/C16H20ClN3O3/c17-12-9-10(18-13-2-4-15(22)19-16(13)23)1-3-14(12)20-7-5-11(21)6-8-20/h1,3,9,11,13,18,21H,2,4-8H2,(H,19,22,23). The second-order valence-electron chi connectivity index (χ2n) is 6.03. The molecule has 1 aromatic rings. The van der Waals surface area contributed by atoms with Crippen molar-refractivity contribution in [3.63, 3.8) is 0 Å². The maximum Gasteiger partial charge on any atom is 0.249 e. The Morgan fingerprint density at radius 2 is 1.96 bits per heavy atom. The summed E-state index contributed by atoms with van der Waals surface area (Å²) in [6.45, 7) is 1.56. The lowest BCUT2D eigenvalue weighted by atomic mass is 10.1. The number of benzene rings is 1. The van der Waals surface area contributed by atoms with E-state index in [1.54, 1.807) is 6.07 Å². The maximum atomic E-state index is 11.8. The van der Waals surface area contributed by atoms with Gasteiger partial charge in [-0.25, -0.2) is 0 Å². The fraction of sp³-hybridized carbons (Fsp3) is 0.500. The summed E-state index contributed by atoms with van der Waals surface area (Å²) in [6.07, 6.45) is 2.08. The van der Waals surface area contributed by atoms with Gasteiger partial charge in [-0.2, -0.15) is 0 Å². The number of amides is 2. The molecule has 23 heavy (non-hydrogen) atoms. The van der Waals surface area contributed by atoms with Gasteiger partial charge in [-0.15, -0.1) is 0 Å². The van der Waals surface area contributed by atoms with Crippen molar-refractivity contribution < 1.29 is 14.7 Å². The summed E-state index contributed by atoms with van der Waals surface area (Å²) in [5.41, 5.74) is 1.69. The first-order chi connectivity index (χ1) is 11.0. The predicted octanol–water partition coefficient (Wildman–Crippen LogP) is 1.52. The van der Waals surface area contributed by atoms with E-state index in [2.05, 4.69) is 15.5 Å². The molecule has 2 aliphatic heterocycles. The van der Waals surface area contributed by atoms with Crippen molar-refractivity contribution in [3.8, 4) is 0 Å². The second-order valence-corrected chi connectivity index (χ2v) is 6.44. The molecule has 0 radical (unpaired) electrons. The molecule has 6 nitrogen and oxygen atoms in total. The predicted molar refractivity (Wildman–Crippen MR) is 88.7 cm³/mol. The highest BCUT2D eigenvalue weighted by Gasteiger charge is 2.26. The summed E-state index contributed by atoms with van der Waals surface area (Å²) in [7, 11) is 0. The molecule has 0 spiro atoms. The summed E-state index contributed by atoms with van der Waals surface area (Å²) in [4.78, 5) is 25.1. The van der Waals surface area contributed by atoms with Gasteiger partial charge in [0.05, 0.1) is 16.8 Å². The minimum atomic E-state index is -0.417. The number of piperidine rings is 2. The van der Waals surface area contributed by atoms with Crippen LogP contribution in [0.3, 0.4) is 0 Å². The summed E-state index contributed by atoms with van der Waals surface area (Å²) in [6, 6.07) is 5.19. The Balaban J connectivity index is 1.67. The average Bonchev–Trinajstić information content (AvgIpc) is 2.51. The highest BCUT2D eigenvalue weighted by molar-refractivity contribution is 6.33. The highest BCUT2D eigenvalue weighted by Crippen LogP contribution is 2.31. The third-order valence-electron chi connectivity index (χ3n) is 4.33. The van der Waals surface area contributed by atoms with Gasteiger partial charge in [-0.1, -0.05) is 11.6 Å². The van der Waals surface area contributed by atoms with Crippen LogP contribution in [0.5, 0.6) is 0 Å². The van der Waals surface area contributed by atoms with Gasteiger partial charge >= 0.3 is 0 Å². The molecule has 1 aromatic carbocycles. The Labute approximate surface area is 139 Å². The number of imide groups is 1. The number of carbonyl (C=O) groups is 2. The van der Waals surface area contributed by atoms with Crippen molar-refractivity contribution >= 4 is 34.8 Å². The molecule has 3 N–H and O–H groups in total. The number of nitrogens with zero attached hydrogens (tertiary/aromatic N) is 1. The lowest BCUT2D eigenvalue weighted by molar-refractivity contribution is -0.133. The van der Waals surface area contributed by atoms with Crippen LogP contribution in [0.4, 0.5) is 11.4 Å². The Bertz CT molecular complexity index is 615. The topological polar surface area (TPSA) is 81.7 Å². The van der Waals surface area contributed by atoms with Gasteiger partial charge in [0.15, 0.2) is 0 Å². The number of hydrogen-bond donors (Lipinski definition) is 3. The van der Waals surface area contributed by atoms with Gasteiger partial charge in [0.2, 0.25) is 11.8 Å². The molecule has 2 fully saturated rings. The number of carbonyl (C=O) groups excluding carboxylic acids is 2. The van der Waals surface area contributed by atoms with Crippen molar-refractivity contribution in [2.24, 2.45) is 0 Å². The zero-order chi connectivity index (χ0) is 16.4. The lowest BCUT2D eigenvalue weighted by Gasteiger charge is -2.32. The fourth-order valence-corrected chi connectivity index (χ4v) is 3.29. The second kappa shape index (κ2) is 6.76. The van der Waals surface area contributed by atoms with Crippen LogP contribution in [0.2, 0.25) is 5.02 Å². The zero-order valence-corrected chi connectivity index (χ0v) is 13.5. The molecule has 0 aliphatic carbocycles. The van der Waals surface area contributed by atoms with Crippen LogP contribution < -0.4 is 15.5 Å². The third-order valence-corrected chi connectivity index (χ3v) is 4.64. The molecule has 2 aliphatic rings. The van der Waals surface area contributed by atoms with E-state index in [9.17, 15) is 14.7 Å². The molecule has 0 aromatic heterocycles. The van der Waals surface area contributed by atoms with E-state index in [0.717, 1.165) is 37.3 Å².